The van der Waals surface area contributed by atoms with Crippen molar-refractivity contribution in [3.63, 3.8) is 0 Å². The van der Waals surface area contributed by atoms with Crippen molar-refractivity contribution in [3.05, 3.63) is 53.0 Å². The third-order valence-corrected chi connectivity index (χ3v) is 4.13. The average molecular weight is 415 g/mol. The Hall–Kier alpha value is -3.89. The summed E-state index contributed by atoms with van der Waals surface area (Å²) in [5, 5.41) is 18.3. The van der Waals surface area contributed by atoms with E-state index in [0.29, 0.717) is 6.54 Å². The molecule has 3 rings (SSSR count). The fraction of sp³-hybridized carbons (Fsp3) is 0.211. The lowest BCUT2D eigenvalue weighted by Gasteiger charge is -2.12. The van der Waals surface area contributed by atoms with Crippen LogP contribution in [0.25, 0.3) is 11.4 Å². The third kappa shape index (κ3) is 4.40. The molecule has 5 N–H and O–H groups in total. The molecule has 0 radical (unpaired) electrons. The first-order valence-electron chi connectivity index (χ1n) is 9.05. The van der Waals surface area contributed by atoms with Gasteiger partial charge < -0.3 is 26.7 Å². The van der Waals surface area contributed by atoms with Gasteiger partial charge in [0.1, 0.15) is 23.0 Å². The number of anilines is 1. The van der Waals surface area contributed by atoms with Gasteiger partial charge in [-0.25, -0.2) is 18.7 Å². The summed E-state index contributed by atoms with van der Waals surface area (Å²) in [6.45, 7) is 2.32. The molecule has 2 heterocycles. The Kier molecular flexibility index (Phi) is 6.30. The van der Waals surface area contributed by atoms with Gasteiger partial charge in [-0.2, -0.15) is 0 Å². The molecule has 0 bridgehead atoms. The second kappa shape index (κ2) is 9.07. The Balaban J connectivity index is 1.95. The highest BCUT2D eigenvalue weighted by Crippen LogP contribution is 2.29. The maximum Gasteiger partial charge on any atom is 0.257 e. The first kappa shape index (κ1) is 20.8. The molecule has 0 atom stereocenters. The molecule has 156 valence electrons. The number of fused-ring (bicyclic) bond motifs is 1. The van der Waals surface area contributed by atoms with Gasteiger partial charge in [-0.15, -0.1) is 0 Å². The van der Waals surface area contributed by atoms with Gasteiger partial charge >= 0.3 is 0 Å². The average Bonchev–Trinajstić information content (AvgIpc) is 3.08. The van der Waals surface area contributed by atoms with E-state index in [2.05, 4.69) is 31.2 Å². The van der Waals surface area contributed by atoms with E-state index >= 15 is 0 Å². The van der Waals surface area contributed by atoms with Gasteiger partial charge in [0.2, 0.25) is 5.91 Å². The van der Waals surface area contributed by atoms with Crippen LogP contribution in [0.1, 0.15) is 23.0 Å². The van der Waals surface area contributed by atoms with Gasteiger partial charge in [0.25, 0.3) is 5.91 Å². The summed E-state index contributed by atoms with van der Waals surface area (Å²) in [7, 11) is 0. The molecule has 1 aromatic carbocycles. The summed E-state index contributed by atoms with van der Waals surface area (Å²) in [6.07, 6.45) is 2.29. The largest absolute Gasteiger partial charge is 0.380 e. The number of halogens is 2. The van der Waals surface area contributed by atoms with E-state index in [1.807, 2.05) is 0 Å². The monoisotopic (exact) mass is 415 g/mol. The van der Waals surface area contributed by atoms with Crippen LogP contribution in [-0.4, -0.2) is 41.1 Å². The van der Waals surface area contributed by atoms with Crippen LogP contribution >= 0.6 is 0 Å². The van der Waals surface area contributed by atoms with Crippen LogP contribution < -0.4 is 21.3 Å². The number of carbonyl (C=O) groups is 2. The predicted octanol–water partition coefficient (Wildman–Crippen LogP) is 1.29. The van der Waals surface area contributed by atoms with Crippen molar-refractivity contribution < 1.29 is 18.4 Å². The molecule has 0 aliphatic carbocycles. The molecule has 1 aliphatic rings. The Labute approximate surface area is 170 Å². The van der Waals surface area contributed by atoms with Crippen LogP contribution in [0.2, 0.25) is 0 Å². The number of likely N-dealkylation sites (N-methyl/N-ethyl adjacent to an activating group) is 1. The molecule has 2 amide bonds. The topological polar surface area (TPSA) is 132 Å². The van der Waals surface area contributed by atoms with Gasteiger partial charge in [-0.1, -0.05) is 6.07 Å². The van der Waals surface area contributed by atoms with E-state index in [-0.39, 0.29) is 47.6 Å². The summed E-state index contributed by atoms with van der Waals surface area (Å²) in [6, 6.07) is 3.39. The highest BCUT2D eigenvalue weighted by Gasteiger charge is 2.28. The Bertz CT molecular complexity index is 1020. The number of rotatable bonds is 8. The highest BCUT2D eigenvalue weighted by molar-refractivity contribution is 6.03. The number of carbonyl (C=O) groups excluding carboxylic acids is 2. The van der Waals surface area contributed by atoms with Crippen LogP contribution in [0.4, 0.5) is 14.6 Å². The number of nitrogens with one attached hydrogen (secondary N) is 5. The summed E-state index contributed by atoms with van der Waals surface area (Å²) in [5.41, 5.74) is 0.138. The summed E-state index contributed by atoms with van der Waals surface area (Å²) in [4.78, 5) is 32.0. The SMILES string of the molecule is CCNC(=O)CN/C=C(\C=N)Nc1nc(-c2c(F)cccc2F)nc2c1C(=O)NC2. The molecule has 11 heteroatoms. The molecule has 0 saturated heterocycles. The minimum absolute atomic E-state index is 0.0118. The van der Waals surface area contributed by atoms with Crippen LogP contribution in [0.3, 0.4) is 0 Å². The number of amides is 2. The van der Waals surface area contributed by atoms with Crippen LogP contribution in [-0.2, 0) is 11.3 Å². The van der Waals surface area contributed by atoms with E-state index in [0.717, 1.165) is 18.3 Å². The molecule has 30 heavy (non-hydrogen) atoms. The zero-order valence-electron chi connectivity index (χ0n) is 16.0. The minimum Gasteiger partial charge on any atom is -0.380 e. The van der Waals surface area contributed by atoms with Crippen molar-refractivity contribution >= 4 is 23.8 Å². The van der Waals surface area contributed by atoms with E-state index in [9.17, 15) is 18.4 Å². The third-order valence-electron chi connectivity index (χ3n) is 4.13. The lowest BCUT2D eigenvalue weighted by Crippen LogP contribution is -2.31. The van der Waals surface area contributed by atoms with Gasteiger partial charge in [0, 0.05) is 19.0 Å². The van der Waals surface area contributed by atoms with Crippen LogP contribution in [0.15, 0.2) is 30.1 Å². The first-order valence-corrected chi connectivity index (χ1v) is 9.05. The first-order chi connectivity index (χ1) is 14.4. The number of nitrogens with zero attached hydrogens (tertiary/aromatic N) is 2. The second-order valence-electron chi connectivity index (χ2n) is 6.20. The van der Waals surface area contributed by atoms with Gasteiger partial charge in [0.05, 0.1) is 30.0 Å². The molecule has 0 fully saturated rings. The molecule has 0 saturated carbocycles. The minimum atomic E-state index is -0.843. The van der Waals surface area contributed by atoms with Crippen molar-refractivity contribution in [3.8, 4) is 11.4 Å². The summed E-state index contributed by atoms with van der Waals surface area (Å²) in [5.74, 6) is -2.62. The van der Waals surface area contributed by atoms with Crippen molar-refractivity contribution in [1.82, 2.24) is 25.9 Å². The highest BCUT2D eigenvalue weighted by atomic mass is 19.1. The normalized spacial score (nSPS) is 12.8. The van der Waals surface area contributed by atoms with Crippen LogP contribution in [0, 0.1) is 17.0 Å². The second-order valence-corrected chi connectivity index (χ2v) is 6.20. The van der Waals surface area contributed by atoms with Gasteiger partial charge in [-0.05, 0) is 19.1 Å². The molecule has 1 aliphatic heterocycles. The van der Waals surface area contributed by atoms with E-state index in [1.165, 1.54) is 12.3 Å². The van der Waals surface area contributed by atoms with Gasteiger partial charge in [-0.3, -0.25) is 9.59 Å². The number of allylic oxidation sites excluding steroid dienone is 1. The van der Waals surface area contributed by atoms with Crippen molar-refractivity contribution in [2.24, 2.45) is 0 Å². The quantitative estimate of drug-likeness (QED) is 0.413. The number of hydrogen-bond donors (Lipinski definition) is 5. The maximum absolute atomic E-state index is 14.2. The summed E-state index contributed by atoms with van der Waals surface area (Å²) < 4.78 is 28.4. The maximum atomic E-state index is 14.2. The fourth-order valence-corrected chi connectivity index (χ4v) is 2.80. The number of aromatic nitrogens is 2. The predicted molar refractivity (Wildman–Crippen MR) is 106 cm³/mol. The van der Waals surface area contributed by atoms with Crippen LogP contribution in [0.5, 0.6) is 0 Å². The Morgan fingerprint density at radius 2 is 2.00 bits per heavy atom. The van der Waals surface area contributed by atoms with E-state index in [4.69, 9.17) is 5.41 Å². The lowest BCUT2D eigenvalue weighted by atomic mass is 10.1. The van der Waals surface area contributed by atoms with Crippen molar-refractivity contribution in [2.75, 3.05) is 18.4 Å². The van der Waals surface area contributed by atoms with E-state index < -0.39 is 23.1 Å². The molecule has 1 aromatic heterocycles. The number of hydrogen-bond acceptors (Lipinski definition) is 7. The zero-order chi connectivity index (χ0) is 21.7. The molecular formula is C19H19F2N7O2. The summed E-state index contributed by atoms with van der Waals surface area (Å²) >= 11 is 0. The van der Waals surface area contributed by atoms with Gasteiger partial charge in [0.15, 0.2) is 5.82 Å². The standard InChI is InChI=1S/C19H19F2N7O2/c1-2-24-14(29)9-23-7-10(6-22)26-18-16-13(8-25-19(16)30)27-17(28-18)15-11(20)4-3-5-12(15)21/h3-7,22-23H,2,8-9H2,1H3,(H,24,29)(H,25,30)(H,26,27,28)/b10-7+,22-6?. The smallest absolute Gasteiger partial charge is 0.257 e. The number of benzene rings is 1. The molecule has 2 aromatic rings. The Morgan fingerprint density at radius 1 is 1.27 bits per heavy atom. The molecule has 9 nitrogen and oxygen atoms in total. The van der Waals surface area contributed by atoms with Crippen molar-refractivity contribution in [1.29, 1.82) is 5.41 Å². The molecular weight excluding hydrogens is 396 g/mol. The fourth-order valence-electron chi connectivity index (χ4n) is 2.80. The van der Waals surface area contributed by atoms with E-state index in [1.54, 1.807) is 6.92 Å². The lowest BCUT2D eigenvalue weighted by molar-refractivity contribution is -0.119. The molecule has 0 spiro atoms. The Morgan fingerprint density at radius 3 is 2.67 bits per heavy atom. The van der Waals surface area contributed by atoms with Crippen molar-refractivity contribution in [2.45, 2.75) is 13.5 Å². The molecule has 0 unspecified atom stereocenters. The zero-order valence-corrected chi connectivity index (χ0v) is 16.0.